The van der Waals surface area contributed by atoms with E-state index >= 15 is 0 Å². The highest BCUT2D eigenvalue weighted by atomic mass is 16.5. The number of hydrogen-bond acceptors (Lipinski definition) is 5. The van der Waals surface area contributed by atoms with Gasteiger partial charge in [-0.15, -0.1) is 0 Å². The van der Waals surface area contributed by atoms with Crippen molar-refractivity contribution < 1.29 is 19.1 Å². The molecule has 2 rings (SSSR count). The van der Waals surface area contributed by atoms with Gasteiger partial charge in [-0.25, -0.2) is 0 Å². The Morgan fingerprint density at radius 2 is 1.71 bits per heavy atom. The van der Waals surface area contributed by atoms with Gasteiger partial charge in [0.25, 0.3) is 0 Å². The zero-order valence-electron chi connectivity index (χ0n) is 12.7. The Hall–Kier alpha value is -1.63. The van der Waals surface area contributed by atoms with Crippen LogP contribution >= 0.6 is 0 Å². The van der Waals surface area contributed by atoms with Crippen LogP contribution in [0.1, 0.15) is 13.3 Å². The van der Waals surface area contributed by atoms with Crippen molar-refractivity contribution >= 4 is 17.8 Å². The maximum absolute atomic E-state index is 12.4. The van der Waals surface area contributed by atoms with Crippen LogP contribution in [0, 0.1) is 5.92 Å². The van der Waals surface area contributed by atoms with E-state index in [-0.39, 0.29) is 30.2 Å². The summed E-state index contributed by atoms with van der Waals surface area (Å²) in [5.41, 5.74) is 0. The zero-order chi connectivity index (χ0) is 15.4. The molecule has 2 saturated heterocycles. The van der Waals surface area contributed by atoms with E-state index in [9.17, 15) is 14.4 Å². The third-order valence-electron chi connectivity index (χ3n) is 4.25. The van der Waals surface area contributed by atoms with Crippen LogP contribution in [-0.2, 0) is 19.1 Å². The Bertz CT molecular complexity index is 418. The van der Waals surface area contributed by atoms with E-state index in [0.717, 1.165) is 6.42 Å². The summed E-state index contributed by atoms with van der Waals surface area (Å²) >= 11 is 0. The molecular weight excluding hydrogens is 274 g/mol. The first-order chi connectivity index (χ1) is 10.0. The van der Waals surface area contributed by atoms with Crippen LogP contribution in [0.5, 0.6) is 0 Å². The lowest BCUT2D eigenvalue weighted by Gasteiger charge is -2.35. The second-order valence-corrected chi connectivity index (χ2v) is 5.63. The predicted octanol–water partition coefficient (Wildman–Crippen LogP) is -0.828. The SMILES string of the molecule is COC(=O)CN1CCN(C(=O)[C@H]2CCN(C(C)=O)C2)CC1. The van der Waals surface area contributed by atoms with Crippen molar-refractivity contribution in [3.05, 3.63) is 0 Å². The first kappa shape index (κ1) is 15.8. The highest BCUT2D eigenvalue weighted by Gasteiger charge is 2.33. The minimum Gasteiger partial charge on any atom is -0.468 e. The molecule has 21 heavy (non-hydrogen) atoms. The molecule has 0 aromatic rings. The number of piperazine rings is 1. The third-order valence-corrected chi connectivity index (χ3v) is 4.25. The Labute approximate surface area is 124 Å². The predicted molar refractivity (Wildman–Crippen MR) is 75.4 cm³/mol. The first-order valence-electron chi connectivity index (χ1n) is 7.34. The highest BCUT2D eigenvalue weighted by molar-refractivity contribution is 5.81. The summed E-state index contributed by atoms with van der Waals surface area (Å²) in [5.74, 6) is -0.145. The normalized spacial score (nSPS) is 23.2. The van der Waals surface area contributed by atoms with Crippen LogP contribution in [0.2, 0.25) is 0 Å². The number of ether oxygens (including phenoxy) is 1. The largest absolute Gasteiger partial charge is 0.468 e. The molecular formula is C14H23N3O4. The molecule has 7 nitrogen and oxygen atoms in total. The van der Waals surface area contributed by atoms with E-state index in [1.54, 1.807) is 11.8 Å². The minimum atomic E-state index is -0.248. The summed E-state index contributed by atoms with van der Waals surface area (Å²) in [5, 5.41) is 0. The lowest BCUT2D eigenvalue weighted by Crippen LogP contribution is -2.51. The molecule has 2 heterocycles. The van der Waals surface area contributed by atoms with Gasteiger partial charge in [0.15, 0.2) is 0 Å². The lowest BCUT2D eigenvalue weighted by atomic mass is 10.1. The molecule has 0 saturated carbocycles. The maximum atomic E-state index is 12.4. The molecule has 0 aliphatic carbocycles. The molecule has 0 aromatic heterocycles. The molecule has 7 heteroatoms. The van der Waals surface area contributed by atoms with E-state index in [0.29, 0.717) is 39.3 Å². The summed E-state index contributed by atoms with van der Waals surface area (Å²) in [6.07, 6.45) is 0.751. The highest BCUT2D eigenvalue weighted by Crippen LogP contribution is 2.19. The molecule has 118 valence electrons. The fourth-order valence-corrected chi connectivity index (χ4v) is 2.88. The quantitative estimate of drug-likeness (QED) is 0.636. The van der Waals surface area contributed by atoms with Crippen LogP contribution in [0.3, 0.4) is 0 Å². The Kier molecular flexibility index (Phi) is 5.17. The van der Waals surface area contributed by atoms with E-state index in [4.69, 9.17) is 0 Å². The molecule has 0 spiro atoms. The van der Waals surface area contributed by atoms with Crippen molar-refractivity contribution in [1.82, 2.24) is 14.7 Å². The minimum absolute atomic E-state index is 0.0354. The van der Waals surface area contributed by atoms with Gasteiger partial charge in [0.05, 0.1) is 19.6 Å². The van der Waals surface area contributed by atoms with Crippen molar-refractivity contribution in [2.45, 2.75) is 13.3 Å². The van der Waals surface area contributed by atoms with Gasteiger partial charge >= 0.3 is 5.97 Å². The molecule has 2 aliphatic rings. The number of esters is 1. The van der Waals surface area contributed by atoms with Gasteiger partial charge in [-0.2, -0.15) is 0 Å². The summed E-state index contributed by atoms with van der Waals surface area (Å²) in [6, 6.07) is 0. The van der Waals surface area contributed by atoms with Crippen LogP contribution in [0.15, 0.2) is 0 Å². The van der Waals surface area contributed by atoms with Gasteiger partial charge < -0.3 is 14.5 Å². The Balaban J connectivity index is 1.78. The van der Waals surface area contributed by atoms with Crippen molar-refractivity contribution in [3.8, 4) is 0 Å². The van der Waals surface area contributed by atoms with Crippen molar-refractivity contribution in [2.75, 3.05) is 52.9 Å². The molecule has 2 amide bonds. The second-order valence-electron chi connectivity index (χ2n) is 5.63. The Morgan fingerprint density at radius 3 is 2.24 bits per heavy atom. The average Bonchev–Trinajstić information content (AvgIpc) is 2.97. The van der Waals surface area contributed by atoms with E-state index < -0.39 is 0 Å². The van der Waals surface area contributed by atoms with Crippen LogP contribution in [0.25, 0.3) is 0 Å². The van der Waals surface area contributed by atoms with E-state index in [1.165, 1.54) is 7.11 Å². The van der Waals surface area contributed by atoms with Crippen LogP contribution in [-0.4, -0.2) is 85.4 Å². The monoisotopic (exact) mass is 297 g/mol. The summed E-state index contributed by atoms with van der Waals surface area (Å²) in [7, 11) is 1.38. The van der Waals surface area contributed by atoms with Crippen LogP contribution < -0.4 is 0 Å². The topological polar surface area (TPSA) is 70.2 Å². The fourth-order valence-electron chi connectivity index (χ4n) is 2.88. The van der Waals surface area contributed by atoms with Crippen molar-refractivity contribution in [3.63, 3.8) is 0 Å². The Morgan fingerprint density at radius 1 is 1.05 bits per heavy atom. The molecule has 0 radical (unpaired) electrons. The summed E-state index contributed by atoms with van der Waals surface area (Å²) < 4.78 is 4.64. The molecule has 2 aliphatic heterocycles. The molecule has 2 fully saturated rings. The molecule has 0 N–H and O–H groups in total. The standard InChI is InChI=1S/C14H23N3O4/c1-11(18)17-4-3-12(9-17)14(20)16-7-5-15(6-8-16)10-13(19)21-2/h12H,3-10H2,1-2H3/t12-/m0/s1. The first-order valence-corrected chi connectivity index (χ1v) is 7.34. The van der Waals surface area contributed by atoms with Gasteiger partial charge in [-0.1, -0.05) is 0 Å². The van der Waals surface area contributed by atoms with Crippen LogP contribution in [0.4, 0.5) is 0 Å². The van der Waals surface area contributed by atoms with Gasteiger partial charge in [-0.05, 0) is 6.42 Å². The number of carbonyl (C=O) groups excluding carboxylic acids is 3. The summed E-state index contributed by atoms with van der Waals surface area (Å²) in [6.45, 7) is 5.66. The van der Waals surface area contributed by atoms with Crippen molar-refractivity contribution in [1.29, 1.82) is 0 Å². The third kappa shape index (κ3) is 3.93. The van der Waals surface area contributed by atoms with Crippen molar-refractivity contribution in [2.24, 2.45) is 5.92 Å². The number of carbonyl (C=O) groups is 3. The number of rotatable bonds is 3. The molecule has 0 aromatic carbocycles. The number of likely N-dealkylation sites (tertiary alicyclic amines) is 1. The number of nitrogens with zero attached hydrogens (tertiary/aromatic N) is 3. The zero-order valence-corrected chi connectivity index (χ0v) is 12.7. The van der Waals surface area contributed by atoms with Gasteiger partial charge in [0.1, 0.15) is 0 Å². The van der Waals surface area contributed by atoms with E-state index in [1.807, 2.05) is 9.80 Å². The lowest BCUT2D eigenvalue weighted by molar-refractivity contribution is -0.143. The number of methoxy groups -OCH3 is 1. The second kappa shape index (κ2) is 6.89. The molecule has 0 unspecified atom stereocenters. The van der Waals surface area contributed by atoms with Gasteiger partial charge in [0.2, 0.25) is 11.8 Å². The van der Waals surface area contributed by atoms with E-state index in [2.05, 4.69) is 4.74 Å². The summed E-state index contributed by atoms with van der Waals surface area (Å²) in [4.78, 5) is 40.5. The molecule has 0 bridgehead atoms. The fraction of sp³-hybridized carbons (Fsp3) is 0.786. The van der Waals surface area contributed by atoms with Gasteiger partial charge in [0, 0.05) is 46.2 Å². The number of hydrogen-bond donors (Lipinski definition) is 0. The number of amides is 2. The molecule has 1 atom stereocenters. The smallest absolute Gasteiger partial charge is 0.319 e. The van der Waals surface area contributed by atoms with Gasteiger partial charge in [-0.3, -0.25) is 19.3 Å². The average molecular weight is 297 g/mol. The maximum Gasteiger partial charge on any atom is 0.319 e.